The summed E-state index contributed by atoms with van der Waals surface area (Å²) in [6.07, 6.45) is 1.93. The fourth-order valence-corrected chi connectivity index (χ4v) is 5.08. The molecule has 1 aromatic heterocycles. The van der Waals surface area contributed by atoms with Crippen LogP contribution >= 0.6 is 35.0 Å². The zero-order valence-corrected chi connectivity index (χ0v) is 21.1. The number of methoxy groups -OCH3 is 1. The molecule has 4 rings (SSSR count). The van der Waals surface area contributed by atoms with Gasteiger partial charge in [-0.2, -0.15) is 0 Å². The van der Waals surface area contributed by atoms with Gasteiger partial charge >= 0.3 is 0 Å². The van der Waals surface area contributed by atoms with Gasteiger partial charge in [0.1, 0.15) is 5.75 Å². The number of likely N-dealkylation sites (N-methyl/N-ethyl adjacent to an activating group) is 1. The molecule has 0 N–H and O–H groups in total. The average Bonchev–Trinajstić information content (AvgIpc) is 3.25. The summed E-state index contributed by atoms with van der Waals surface area (Å²) >= 11 is 13.7. The fraction of sp³-hybridized carbons (Fsp3) is 0.200. The molecule has 5 nitrogen and oxygen atoms in total. The van der Waals surface area contributed by atoms with E-state index in [2.05, 4.69) is 10.6 Å². The number of aryl methyl sites for hydroxylation is 1. The first kappa shape index (κ1) is 23.5. The largest absolute Gasteiger partial charge is 0.497 e. The van der Waals surface area contributed by atoms with E-state index < -0.39 is 0 Å². The second-order valence-corrected chi connectivity index (χ2v) is 9.34. The van der Waals surface area contributed by atoms with Crippen LogP contribution in [0.1, 0.15) is 23.9 Å². The number of carbonyl (C=O) groups is 1. The maximum atomic E-state index is 13.1. The average molecular weight is 500 g/mol. The minimum atomic E-state index is -0.0471. The molecule has 0 atom stereocenters. The molecule has 33 heavy (non-hydrogen) atoms. The molecule has 3 aromatic rings. The molecule has 1 amide bonds. The van der Waals surface area contributed by atoms with Crippen LogP contribution in [0.4, 0.5) is 5.69 Å². The van der Waals surface area contributed by atoms with Crippen molar-refractivity contribution < 1.29 is 9.53 Å². The Hall–Kier alpha value is -2.67. The topological polar surface area (TPSA) is 46.8 Å². The molecular weight excluding hydrogens is 477 g/mol. The first-order valence-electron chi connectivity index (χ1n) is 10.4. The van der Waals surface area contributed by atoms with Crippen molar-refractivity contribution in [1.82, 2.24) is 9.47 Å². The quantitative estimate of drug-likeness (QED) is 0.353. The summed E-state index contributed by atoms with van der Waals surface area (Å²) in [7, 11) is 1.63. The molecule has 1 aliphatic rings. The number of ether oxygens (including phenoxy) is 1. The van der Waals surface area contributed by atoms with Crippen molar-refractivity contribution in [2.24, 2.45) is 4.99 Å². The van der Waals surface area contributed by atoms with Gasteiger partial charge in [-0.1, -0.05) is 23.2 Å². The molecule has 1 fully saturated rings. The second kappa shape index (κ2) is 9.67. The molecule has 2 heterocycles. The molecule has 0 bridgehead atoms. The maximum absolute atomic E-state index is 13.1. The Morgan fingerprint density at radius 3 is 2.42 bits per heavy atom. The third kappa shape index (κ3) is 4.69. The minimum Gasteiger partial charge on any atom is -0.497 e. The number of amides is 1. The molecule has 170 valence electrons. The van der Waals surface area contributed by atoms with Crippen LogP contribution in [0.5, 0.6) is 5.75 Å². The van der Waals surface area contributed by atoms with Gasteiger partial charge in [0.2, 0.25) is 0 Å². The second-order valence-electron chi connectivity index (χ2n) is 7.51. The number of thioether (sulfide) groups is 1. The van der Waals surface area contributed by atoms with Gasteiger partial charge in [-0.25, -0.2) is 4.99 Å². The van der Waals surface area contributed by atoms with E-state index in [0.29, 0.717) is 26.7 Å². The minimum absolute atomic E-state index is 0.0471. The molecule has 8 heteroatoms. The van der Waals surface area contributed by atoms with Crippen molar-refractivity contribution in [2.45, 2.75) is 20.8 Å². The lowest BCUT2D eigenvalue weighted by atomic mass is 10.2. The maximum Gasteiger partial charge on any atom is 0.266 e. The van der Waals surface area contributed by atoms with E-state index in [0.717, 1.165) is 34.1 Å². The number of halogens is 2. The summed E-state index contributed by atoms with van der Waals surface area (Å²) in [6, 6.07) is 15.1. The van der Waals surface area contributed by atoms with E-state index in [1.165, 1.54) is 11.8 Å². The molecule has 2 aromatic carbocycles. The number of nitrogens with zero attached hydrogens (tertiary/aromatic N) is 3. The molecule has 0 spiro atoms. The van der Waals surface area contributed by atoms with E-state index in [1.54, 1.807) is 18.1 Å². The predicted octanol–water partition coefficient (Wildman–Crippen LogP) is 7.03. The Labute approximate surface area is 207 Å². The van der Waals surface area contributed by atoms with Gasteiger partial charge in [0.25, 0.3) is 5.91 Å². The highest BCUT2D eigenvalue weighted by molar-refractivity contribution is 8.18. The number of hydrogen-bond acceptors (Lipinski definition) is 4. The smallest absolute Gasteiger partial charge is 0.266 e. The van der Waals surface area contributed by atoms with Crippen LogP contribution in [-0.2, 0) is 4.79 Å². The van der Waals surface area contributed by atoms with Gasteiger partial charge in [0.05, 0.1) is 27.7 Å². The van der Waals surface area contributed by atoms with E-state index in [9.17, 15) is 4.79 Å². The number of rotatable bonds is 5. The summed E-state index contributed by atoms with van der Waals surface area (Å²) in [5.74, 6) is 0.716. The third-order valence-electron chi connectivity index (χ3n) is 5.42. The van der Waals surface area contributed by atoms with Crippen molar-refractivity contribution >= 4 is 57.8 Å². The van der Waals surface area contributed by atoms with Crippen LogP contribution in [-0.4, -0.2) is 34.2 Å². The Morgan fingerprint density at radius 2 is 1.79 bits per heavy atom. The molecule has 0 radical (unpaired) electrons. The van der Waals surface area contributed by atoms with Gasteiger partial charge < -0.3 is 9.30 Å². The van der Waals surface area contributed by atoms with Crippen LogP contribution in [0.2, 0.25) is 10.0 Å². The van der Waals surface area contributed by atoms with Crippen LogP contribution in [0.3, 0.4) is 0 Å². The SMILES string of the molecule is CCN1C(=O)/C(=C\c2cc(C)n(-c3ccc(Cl)c(Cl)c3)c2C)SC1=Nc1ccc(OC)cc1. The molecule has 0 aliphatic carbocycles. The van der Waals surface area contributed by atoms with Gasteiger partial charge in [-0.3, -0.25) is 9.69 Å². The zero-order valence-electron chi connectivity index (χ0n) is 18.7. The van der Waals surface area contributed by atoms with Gasteiger partial charge in [0.15, 0.2) is 5.17 Å². The van der Waals surface area contributed by atoms with E-state index >= 15 is 0 Å². The monoisotopic (exact) mass is 499 g/mol. The van der Waals surface area contributed by atoms with E-state index in [1.807, 2.05) is 63.2 Å². The third-order valence-corrected chi connectivity index (χ3v) is 7.17. The Balaban J connectivity index is 1.68. The summed E-state index contributed by atoms with van der Waals surface area (Å²) in [6.45, 7) is 6.54. The van der Waals surface area contributed by atoms with Crippen molar-refractivity contribution in [3.63, 3.8) is 0 Å². The summed E-state index contributed by atoms with van der Waals surface area (Å²) in [4.78, 5) is 20.1. The Kier molecular flexibility index (Phi) is 6.88. The number of carbonyl (C=O) groups excluding carboxylic acids is 1. The summed E-state index contributed by atoms with van der Waals surface area (Å²) in [5.41, 5.74) is 4.70. The number of aromatic nitrogens is 1. The highest BCUT2D eigenvalue weighted by atomic mass is 35.5. The predicted molar refractivity (Wildman–Crippen MR) is 138 cm³/mol. The summed E-state index contributed by atoms with van der Waals surface area (Å²) in [5, 5.41) is 1.68. The Morgan fingerprint density at radius 1 is 1.06 bits per heavy atom. The number of hydrogen-bond donors (Lipinski definition) is 0. The lowest BCUT2D eigenvalue weighted by Gasteiger charge is -2.12. The highest BCUT2D eigenvalue weighted by Gasteiger charge is 2.32. The lowest BCUT2D eigenvalue weighted by molar-refractivity contribution is -0.122. The number of aliphatic imine (C=N–C) groups is 1. The molecule has 1 saturated heterocycles. The van der Waals surface area contributed by atoms with Gasteiger partial charge in [-0.15, -0.1) is 0 Å². The first-order valence-corrected chi connectivity index (χ1v) is 12.0. The van der Waals surface area contributed by atoms with E-state index in [4.69, 9.17) is 32.9 Å². The van der Waals surface area contributed by atoms with E-state index in [-0.39, 0.29) is 5.91 Å². The van der Waals surface area contributed by atoms with Crippen molar-refractivity contribution in [1.29, 1.82) is 0 Å². The standard InChI is InChI=1S/C25H23Cl2N3O2S/c1-5-29-24(31)23(33-25(29)28-18-6-9-20(32-4)10-7-18)13-17-12-15(2)30(16(17)3)19-8-11-21(26)22(27)14-19/h6-14H,5H2,1-4H3/b23-13+,28-25?. The van der Waals surface area contributed by atoms with Crippen molar-refractivity contribution in [2.75, 3.05) is 13.7 Å². The highest BCUT2D eigenvalue weighted by Crippen LogP contribution is 2.36. The number of amidine groups is 1. The molecule has 0 unspecified atom stereocenters. The number of benzene rings is 2. The fourth-order valence-electron chi connectivity index (χ4n) is 3.73. The van der Waals surface area contributed by atoms with Crippen LogP contribution in [0.25, 0.3) is 11.8 Å². The first-order chi connectivity index (χ1) is 15.8. The molecular formula is C25H23Cl2N3O2S. The van der Waals surface area contributed by atoms with Gasteiger partial charge in [0, 0.05) is 23.6 Å². The van der Waals surface area contributed by atoms with Crippen LogP contribution in [0, 0.1) is 13.8 Å². The zero-order chi connectivity index (χ0) is 23.7. The summed E-state index contributed by atoms with van der Waals surface area (Å²) < 4.78 is 7.31. The Bertz CT molecular complexity index is 1280. The lowest BCUT2D eigenvalue weighted by Crippen LogP contribution is -2.28. The molecule has 0 saturated carbocycles. The normalized spacial score (nSPS) is 16.3. The van der Waals surface area contributed by atoms with Crippen molar-refractivity contribution in [3.8, 4) is 11.4 Å². The van der Waals surface area contributed by atoms with Crippen molar-refractivity contribution in [3.05, 3.63) is 80.4 Å². The van der Waals surface area contributed by atoms with Gasteiger partial charge in [-0.05, 0) is 92.7 Å². The van der Waals surface area contributed by atoms with Crippen LogP contribution in [0.15, 0.2) is 58.4 Å². The molecule has 1 aliphatic heterocycles. The van der Waals surface area contributed by atoms with Crippen LogP contribution < -0.4 is 4.74 Å².